The Balaban J connectivity index is 3.41. The predicted octanol–water partition coefficient (Wildman–Crippen LogP) is 1.52. The Labute approximate surface area is 108 Å². The van der Waals surface area contributed by atoms with Crippen LogP contribution in [0, 0.1) is 11.6 Å². The van der Waals surface area contributed by atoms with Gasteiger partial charge in [0.25, 0.3) is 0 Å². The summed E-state index contributed by atoms with van der Waals surface area (Å²) < 4.78 is 52.5. The van der Waals surface area contributed by atoms with Crippen molar-refractivity contribution in [3.8, 4) is 0 Å². The highest BCUT2D eigenvalue weighted by Gasteiger charge is 2.27. The van der Waals surface area contributed by atoms with Crippen molar-refractivity contribution in [1.29, 1.82) is 0 Å². The van der Waals surface area contributed by atoms with Gasteiger partial charge in [-0.3, -0.25) is 0 Å². The molecule has 104 valence electrons. The quantitative estimate of drug-likeness (QED) is 0.806. The zero-order valence-electron chi connectivity index (χ0n) is 9.85. The number of hydrogen-bond donors (Lipinski definition) is 2. The molecule has 0 aliphatic heterocycles. The Morgan fingerprint density at radius 1 is 1.47 bits per heavy atom. The van der Waals surface area contributed by atoms with Gasteiger partial charge in [0.05, 0.1) is 0 Å². The van der Waals surface area contributed by atoms with Crippen molar-refractivity contribution in [2.24, 2.45) is 0 Å². The lowest BCUT2D eigenvalue weighted by Crippen LogP contribution is -2.32. The number of benzene rings is 1. The highest BCUT2D eigenvalue weighted by molar-refractivity contribution is 7.89. The van der Waals surface area contributed by atoms with Crippen LogP contribution >= 0.6 is 0 Å². The number of sulfonamides is 1. The minimum atomic E-state index is -4.30. The molecule has 0 saturated carbocycles. The van der Waals surface area contributed by atoms with E-state index >= 15 is 0 Å². The first-order chi connectivity index (χ1) is 8.70. The molecule has 0 radical (unpaired) electrons. The summed E-state index contributed by atoms with van der Waals surface area (Å²) in [7, 11) is -4.30. The summed E-state index contributed by atoms with van der Waals surface area (Å²) in [5.41, 5.74) is -1.31. The van der Waals surface area contributed by atoms with Crippen molar-refractivity contribution in [2.45, 2.75) is 17.9 Å². The lowest BCUT2D eigenvalue weighted by Gasteiger charge is -2.12. The molecule has 0 spiro atoms. The molecule has 1 aromatic rings. The number of halogens is 2. The number of nitrogens with one attached hydrogen (secondary N) is 1. The molecule has 1 rings (SSSR count). The number of carboxylic acid groups (broad SMARTS) is 1. The zero-order valence-corrected chi connectivity index (χ0v) is 10.7. The molecule has 0 heterocycles. The molecule has 8 heteroatoms. The highest BCUT2D eigenvalue weighted by Crippen LogP contribution is 2.21. The van der Waals surface area contributed by atoms with Crippen LogP contribution in [-0.4, -0.2) is 25.5 Å². The summed E-state index contributed by atoms with van der Waals surface area (Å²) >= 11 is 0. The molecule has 0 aliphatic carbocycles. The van der Waals surface area contributed by atoms with Crippen molar-refractivity contribution in [3.63, 3.8) is 0 Å². The van der Waals surface area contributed by atoms with Gasteiger partial charge in [-0.15, -0.1) is 6.58 Å². The summed E-state index contributed by atoms with van der Waals surface area (Å²) in [6.45, 7) is 4.79. The van der Waals surface area contributed by atoms with E-state index in [1.807, 2.05) is 4.72 Å². The second-order valence-corrected chi connectivity index (χ2v) is 5.37. The van der Waals surface area contributed by atoms with Gasteiger partial charge in [-0.2, -0.15) is 0 Å². The summed E-state index contributed by atoms with van der Waals surface area (Å²) in [4.78, 5) is 9.76. The van der Waals surface area contributed by atoms with Gasteiger partial charge in [-0.05, 0) is 19.1 Å². The van der Waals surface area contributed by atoms with E-state index in [4.69, 9.17) is 5.11 Å². The van der Waals surface area contributed by atoms with Gasteiger partial charge in [0.2, 0.25) is 10.0 Å². The number of hydrogen-bond acceptors (Lipinski definition) is 3. The van der Waals surface area contributed by atoms with Gasteiger partial charge in [0.1, 0.15) is 16.3 Å². The van der Waals surface area contributed by atoms with Gasteiger partial charge in [-0.1, -0.05) is 6.08 Å². The Kier molecular flexibility index (Phi) is 4.38. The van der Waals surface area contributed by atoms with Crippen LogP contribution in [0.15, 0.2) is 29.7 Å². The van der Waals surface area contributed by atoms with E-state index in [-0.39, 0.29) is 0 Å². The van der Waals surface area contributed by atoms with Gasteiger partial charge in [0.15, 0.2) is 5.82 Å². The lowest BCUT2D eigenvalue weighted by atomic mass is 10.2. The fraction of sp³-hybridized carbons (Fsp3) is 0.182. The van der Waals surface area contributed by atoms with Crippen molar-refractivity contribution in [2.75, 3.05) is 0 Å². The first kappa shape index (κ1) is 15.3. The van der Waals surface area contributed by atoms with E-state index in [9.17, 15) is 22.0 Å². The van der Waals surface area contributed by atoms with E-state index in [1.54, 1.807) is 0 Å². The molecule has 5 nitrogen and oxygen atoms in total. The monoisotopic (exact) mass is 291 g/mol. The minimum Gasteiger partial charge on any atom is -0.477 e. The van der Waals surface area contributed by atoms with E-state index in [0.717, 1.165) is 0 Å². The molecule has 19 heavy (non-hydrogen) atoms. The third kappa shape index (κ3) is 3.15. The Bertz CT molecular complexity index is 628. The summed E-state index contributed by atoms with van der Waals surface area (Å²) in [5, 5.41) is 8.65. The van der Waals surface area contributed by atoms with Gasteiger partial charge in [-0.25, -0.2) is 26.7 Å². The second-order valence-electron chi connectivity index (χ2n) is 3.69. The predicted molar refractivity (Wildman–Crippen MR) is 63.3 cm³/mol. The van der Waals surface area contributed by atoms with Crippen LogP contribution in [-0.2, 0) is 10.0 Å². The molecule has 1 aromatic carbocycles. The number of rotatable bonds is 5. The third-order valence-corrected chi connectivity index (χ3v) is 3.83. The molecule has 0 saturated heterocycles. The summed E-state index contributed by atoms with van der Waals surface area (Å²) in [6.07, 6.45) is 1.26. The van der Waals surface area contributed by atoms with Crippen LogP contribution < -0.4 is 4.72 Å². The standard InChI is InChI=1S/C11H11F2NO4S/c1-3-6(2)14-19(17,18)8-5-4-7(12)9(10(8)13)11(15)16/h3-6,14H,1H2,2H3,(H,15,16). The van der Waals surface area contributed by atoms with Gasteiger partial charge >= 0.3 is 5.97 Å². The summed E-state index contributed by atoms with van der Waals surface area (Å²) in [6, 6.07) is 0.553. The summed E-state index contributed by atoms with van der Waals surface area (Å²) in [5.74, 6) is -4.87. The van der Waals surface area contributed by atoms with Crippen LogP contribution in [0.5, 0.6) is 0 Å². The van der Waals surface area contributed by atoms with Crippen molar-refractivity contribution in [1.82, 2.24) is 4.72 Å². The SMILES string of the molecule is C=CC(C)NS(=O)(=O)c1ccc(F)c(C(=O)O)c1F. The van der Waals surface area contributed by atoms with E-state index in [1.165, 1.54) is 13.0 Å². The van der Waals surface area contributed by atoms with Crippen LogP contribution in [0.25, 0.3) is 0 Å². The molecule has 0 aliphatic rings. The molecule has 0 aromatic heterocycles. The van der Waals surface area contributed by atoms with Crippen molar-refractivity contribution >= 4 is 16.0 Å². The Morgan fingerprint density at radius 3 is 2.53 bits per heavy atom. The maximum absolute atomic E-state index is 13.8. The smallest absolute Gasteiger partial charge is 0.341 e. The van der Waals surface area contributed by atoms with Gasteiger partial charge < -0.3 is 5.11 Å². The Morgan fingerprint density at radius 2 is 2.05 bits per heavy atom. The van der Waals surface area contributed by atoms with E-state index in [0.29, 0.717) is 12.1 Å². The first-order valence-corrected chi connectivity index (χ1v) is 6.55. The molecule has 2 N–H and O–H groups in total. The number of aromatic carboxylic acids is 1. The van der Waals surface area contributed by atoms with Crippen molar-refractivity contribution in [3.05, 3.63) is 42.0 Å². The maximum atomic E-state index is 13.8. The molecule has 0 fully saturated rings. The average Bonchev–Trinajstić information content (AvgIpc) is 2.27. The van der Waals surface area contributed by atoms with Crippen LogP contribution in [0.3, 0.4) is 0 Å². The number of carboxylic acids is 1. The number of carbonyl (C=O) groups is 1. The molecule has 0 amide bonds. The average molecular weight is 291 g/mol. The molecule has 0 bridgehead atoms. The maximum Gasteiger partial charge on any atom is 0.341 e. The fourth-order valence-electron chi connectivity index (χ4n) is 1.29. The van der Waals surface area contributed by atoms with Crippen LogP contribution in [0.4, 0.5) is 8.78 Å². The van der Waals surface area contributed by atoms with Gasteiger partial charge in [0, 0.05) is 6.04 Å². The molecule has 1 unspecified atom stereocenters. The minimum absolute atomic E-state index is 0.583. The second kappa shape index (κ2) is 5.45. The van der Waals surface area contributed by atoms with Crippen LogP contribution in [0.2, 0.25) is 0 Å². The first-order valence-electron chi connectivity index (χ1n) is 5.07. The largest absolute Gasteiger partial charge is 0.477 e. The van der Waals surface area contributed by atoms with E-state index in [2.05, 4.69) is 6.58 Å². The van der Waals surface area contributed by atoms with Crippen LogP contribution in [0.1, 0.15) is 17.3 Å². The van der Waals surface area contributed by atoms with Crippen molar-refractivity contribution < 1.29 is 27.1 Å². The Hall–Kier alpha value is -1.80. The molecule has 1 atom stereocenters. The highest BCUT2D eigenvalue weighted by atomic mass is 32.2. The zero-order chi connectivity index (χ0) is 14.8. The lowest BCUT2D eigenvalue weighted by molar-refractivity contribution is 0.0685. The topological polar surface area (TPSA) is 83.5 Å². The molecular formula is C11H11F2NO4S. The van der Waals surface area contributed by atoms with E-state index < -0.39 is 44.1 Å². The fourth-order valence-corrected chi connectivity index (χ4v) is 2.59. The molecular weight excluding hydrogens is 280 g/mol. The third-order valence-electron chi connectivity index (χ3n) is 2.25. The normalized spacial score (nSPS) is 13.0.